The highest BCUT2D eigenvalue weighted by Crippen LogP contribution is 2.13. The Morgan fingerprint density at radius 2 is 1.87 bits per heavy atom. The average molecular weight is 332 g/mol. The Balaban J connectivity index is 2.00. The normalized spacial score (nSPS) is 11.0. The van der Waals surface area contributed by atoms with Gasteiger partial charge in [0.25, 0.3) is 5.69 Å². The van der Waals surface area contributed by atoms with Gasteiger partial charge in [-0.3, -0.25) is 15.5 Å². The summed E-state index contributed by atoms with van der Waals surface area (Å²) in [4.78, 5) is 10.1. The first-order valence-corrected chi connectivity index (χ1v) is 6.99. The van der Waals surface area contributed by atoms with E-state index in [0.717, 1.165) is 0 Å². The second-order valence-electron chi connectivity index (χ2n) is 4.55. The number of hydrazone groups is 1. The van der Waals surface area contributed by atoms with Crippen LogP contribution < -0.4 is 10.7 Å². The summed E-state index contributed by atoms with van der Waals surface area (Å²) in [5, 5.41) is 17.5. The van der Waals surface area contributed by atoms with Crippen LogP contribution in [-0.4, -0.2) is 15.7 Å². The highest BCUT2D eigenvalue weighted by molar-refractivity contribution is 7.80. The molecule has 2 rings (SSSR count). The fourth-order valence-electron chi connectivity index (χ4n) is 1.74. The number of hydrogen-bond donors (Lipinski definition) is 2. The number of nitrogens with one attached hydrogen (secondary N) is 2. The summed E-state index contributed by atoms with van der Waals surface area (Å²) in [7, 11) is 0. The molecule has 2 N–H and O–H groups in total. The highest BCUT2D eigenvalue weighted by atomic mass is 32.1. The Morgan fingerprint density at radius 3 is 2.48 bits per heavy atom. The first-order valence-electron chi connectivity index (χ1n) is 6.58. The van der Waals surface area contributed by atoms with Gasteiger partial charge in [0, 0.05) is 12.1 Å². The van der Waals surface area contributed by atoms with Crippen LogP contribution >= 0.6 is 12.2 Å². The summed E-state index contributed by atoms with van der Waals surface area (Å²) in [6, 6.07) is 12.1. The standard InChI is InChI=1S/C15H13FN4O2S/c1-10(11-6-8-12(9-7-11)20(21)22)18-19-15(23)17-14-5-3-2-4-13(14)16/h2-9H,1H3,(H2,17,19,23)/b18-10+. The monoisotopic (exact) mass is 332 g/mol. The molecule has 0 spiro atoms. The second kappa shape index (κ2) is 7.41. The zero-order valence-corrected chi connectivity index (χ0v) is 12.9. The van der Waals surface area contributed by atoms with Crippen molar-refractivity contribution in [2.75, 3.05) is 5.32 Å². The van der Waals surface area contributed by atoms with Crippen LogP contribution in [-0.2, 0) is 0 Å². The lowest BCUT2D eigenvalue weighted by Crippen LogP contribution is -2.25. The third kappa shape index (κ3) is 4.55. The number of non-ortho nitro benzene ring substituents is 1. The molecule has 0 fully saturated rings. The van der Waals surface area contributed by atoms with E-state index < -0.39 is 10.7 Å². The molecule has 0 aliphatic rings. The maximum absolute atomic E-state index is 13.5. The molecule has 8 heteroatoms. The van der Waals surface area contributed by atoms with E-state index in [1.165, 1.54) is 18.2 Å². The van der Waals surface area contributed by atoms with Crippen LogP contribution in [0.5, 0.6) is 0 Å². The minimum Gasteiger partial charge on any atom is -0.329 e. The molecule has 0 aromatic heterocycles. The van der Waals surface area contributed by atoms with Crippen LogP contribution in [0.4, 0.5) is 15.8 Å². The van der Waals surface area contributed by atoms with E-state index in [4.69, 9.17) is 12.2 Å². The van der Waals surface area contributed by atoms with Gasteiger partial charge in [0.1, 0.15) is 5.82 Å². The van der Waals surface area contributed by atoms with Crippen LogP contribution in [0.25, 0.3) is 0 Å². The van der Waals surface area contributed by atoms with Gasteiger partial charge in [-0.15, -0.1) is 0 Å². The molecule has 0 unspecified atom stereocenters. The van der Waals surface area contributed by atoms with Gasteiger partial charge in [-0.25, -0.2) is 4.39 Å². The predicted octanol–water partition coefficient (Wildman–Crippen LogP) is 3.44. The number of thiocarbonyl (C=S) groups is 1. The lowest BCUT2D eigenvalue weighted by atomic mass is 10.1. The van der Waals surface area contributed by atoms with Gasteiger partial charge in [-0.05, 0) is 49.0 Å². The largest absolute Gasteiger partial charge is 0.329 e. The molecule has 0 saturated heterocycles. The summed E-state index contributed by atoms with van der Waals surface area (Å²) < 4.78 is 13.5. The van der Waals surface area contributed by atoms with Gasteiger partial charge in [0.2, 0.25) is 0 Å². The summed E-state index contributed by atoms with van der Waals surface area (Å²) in [5.74, 6) is -0.423. The first kappa shape index (κ1) is 16.5. The van der Waals surface area contributed by atoms with Crippen LogP contribution in [0.3, 0.4) is 0 Å². The minimum atomic E-state index is -0.470. The van der Waals surface area contributed by atoms with Crippen molar-refractivity contribution >= 4 is 34.4 Å². The molecule has 23 heavy (non-hydrogen) atoms. The second-order valence-corrected chi connectivity index (χ2v) is 4.96. The Labute approximate surface area is 137 Å². The van der Waals surface area contributed by atoms with Crippen molar-refractivity contribution in [1.29, 1.82) is 0 Å². The Kier molecular flexibility index (Phi) is 5.32. The smallest absolute Gasteiger partial charge is 0.269 e. The topological polar surface area (TPSA) is 79.6 Å². The van der Waals surface area contributed by atoms with E-state index >= 15 is 0 Å². The number of hydrogen-bond acceptors (Lipinski definition) is 4. The number of benzene rings is 2. The summed E-state index contributed by atoms with van der Waals surface area (Å²) in [6.07, 6.45) is 0. The van der Waals surface area contributed by atoms with E-state index in [-0.39, 0.29) is 16.5 Å². The summed E-state index contributed by atoms with van der Waals surface area (Å²) in [5.41, 5.74) is 4.14. The molecular formula is C15H13FN4O2S. The van der Waals surface area contributed by atoms with Crippen LogP contribution in [0.1, 0.15) is 12.5 Å². The van der Waals surface area contributed by atoms with Crippen molar-refractivity contribution in [2.24, 2.45) is 5.10 Å². The molecule has 0 amide bonds. The van der Waals surface area contributed by atoms with Crippen molar-refractivity contribution in [3.63, 3.8) is 0 Å². The van der Waals surface area contributed by atoms with E-state index in [1.54, 1.807) is 37.3 Å². The van der Waals surface area contributed by atoms with Gasteiger partial charge < -0.3 is 5.32 Å². The number of halogens is 1. The van der Waals surface area contributed by atoms with E-state index in [2.05, 4.69) is 15.8 Å². The van der Waals surface area contributed by atoms with Crippen molar-refractivity contribution in [3.8, 4) is 0 Å². The van der Waals surface area contributed by atoms with Gasteiger partial charge in [0.05, 0.1) is 16.3 Å². The molecular weight excluding hydrogens is 319 g/mol. The van der Waals surface area contributed by atoms with Crippen molar-refractivity contribution in [1.82, 2.24) is 5.43 Å². The quantitative estimate of drug-likeness (QED) is 0.388. The van der Waals surface area contributed by atoms with Crippen molar-refractivity contribution in [2.45, 2.75) is 6.92 Å². The number of rotatable bonds is 4. The number of nitro groups is 1. The summed E-state index contributed by atoms with van der Waals surface area (Å²) in [6.45, 7) is 1.72. The SMILES string of the molecule is C/C(=N\NC(=S)Nc1ccccc1F)c1ccc([N+](=O)[O-])cc1. The highest BCUT2D eigenvalue weighted by Gasteiger charge is 2.06. The molecule has 2 aromatic rings. The maximum atomic E-state index is 13.5. The molecule has 0 bridgehead atoms. The third-order valence-corrected chi connectivity index (χ3v) is 3.14. The number of nitro benzene ring substituents is 1. The fourth-order valence-corrected chi connectivity index (χ4v) is 1.89. The van der Waals surface area contributed by atoms with Gasteiger partial charge in [-0.2, -0.15) is 5.10 Å². The molecule has 118 valence electrons. The fraction of sp³-hybridized carbons (Fsp3) is 0.0667. The number of para-hydroxylation sites is 1. The predicted molar refractivity (Wildman–Crippen MR) is 91.1 cm³/mol. The summed E-state index contributed by atoms with van der Waals surface area (Å²) >= 11 is 5.03. The molecule has 0 saturated carbocycles. The maximum Gasteiger partial charge on any atom is 0.269 e. The average Bonchev–Trinajstić information content (AvgIpc) is 2.55. The van der Waals surface area contributed by atoms with Crippen molar-refractivity contribution in [3.05, 3.63) is 70.0 Å². The molecule has 0 heterocycles. The lowest BCUT2D eigenvalue weighted by Gasteiger charge is -2.08. The Morgan fingerprint density at radius 1 is 1.22 bits per heavy atom. The third-order valence-electron chi connectivity index (χ3n) is 2.94. The van der Waals surface area contributed by atoms with E-state index in [1.807, 2.05) is 0 Å². The lowest BCUT2D eigenvalue weighted by molar-refractivity contribution is -0.384. The molecule has 6 nitrogen and oxygen atoms in total. The van der Waals surface area contributed by atoms with Gasteiger partial charge in [-0.1, -0.05) is 12.1 Å². The zero-order valence-electron chi connectivity index (χ0n) is 12.1. The molecule has 0 radical (unpaired) electrons. The molecule has 0 aliphatic carbocycles. The molecule has 2 aromatic carbocycles. The van der Waals surface area contributed by atoms with Gasteiger partial charge in [0.15, 0.2) is 5.11 Å². The molecule has 0 aliphatic heterocycles. The van der Waals surface area contributed by atoms with Gasteiger partial charge >= 0.3 is 0 Å². The Hall–Kier alpha value is -2.87. The van der Waals surface area contributed by atoms with E-state index in [9.17, 15) is 14.5 Å². The van der Waals surface area contributed by atoms with Crippen LogP contribution in [0.15, 0.2) is 53.6 Å². The minimum absolute atomic E-state index is 0.00579. The number of anilines is 1. The van der Waals surface area contributed by atoms with Crippen LogP contribution in [0, 0.1) is 15.9 Å². The number of nitrogens with zero attached hydrogens (tertiary/aromatic N) is 2. The Bertz CT molecular complexity index is 762. The first-order chi connectivity index (χ1) is 11.0. The van der Waals surface area contributed by atoms with Crippen LogP contribution in [0.2, 0.25) is 0 Å². The van der Waals surface area contributed by atoms with E-state index in [0.29, 0.717) is 11.3 Å². The van der Waals surface area contributed by atoms with Crippen molar-refractivity contribution < 1.29 is 9.31 Å². The molecule has 0 atom stereocenters. The zero-order chi connectivity index (χ0) is 16.8.